The molecule has 4 heterocycles. The molecule has 4 aromatic carbocycles. The van der Waals surface area contributed by atoms with Crippen LogP contribution in [0.3, 0.4) is 0 Å². The Morgan fingerprint density at radius 2 is 1.51 bits per heavy atom. The average molecular weight is 537 g/mol. The SMILES string of the molecule is c1ccc(-c2cccc(-n3c4ccccc4c4ccc(-c5nc6cccc(-c7nccs7)c6s5)cc43)c2)nc1. The highest BCUT2D eigenvalue weighted by Crippen LogP contribution is 2.40. The Morgan fingerprint density at radius 1 is 0.615 bits per heavy atom. The minimum absolute atomic E-state index is 0.964. The fourth-order valence-corrected chi connectivity index (χ4v) is 7.13. The molecule has 0 saturated heterocycles. The summed E-state index contributed by atoms with van der Waals surface area (Å²) >= 11 is 3.39. The van der Waals surface area contributed by atoms with Gasteiger partial charge in [0.25, 0.3) is 0 Å². The van der Waals surface area contributed by atoms with Crippen molar-refractivity contribution >= 4 is 54.7 Å². The lowest BCUT2D eigenvalue weighted by molar-refractivity contribution is 1.18. The molecule has 0 amide bonds. The largest absolute Gasteiger partial charge is 0.309 e. The van der Waals surface area contributed by atoms with E-state index in [9.17, 15) is 0 Å². The van der Waals surface area contributed by atoms with Crippen molar-refractivity contribution in [1.29, 1.82) is 0 Å². The molecule has 8 aromatic rings. The van der Waals surface area contributed by atoms with E-state index in [1.165, 1.54) is 21.0 Å². The van der Waals surface area contributed by atoms with Gasteiger partial charge in [-0.25, -0.2) is 9.97 Å². The number of hydrogen-bond donors (Lipinski definition) is 0. The molecular formula is C33H20N4S2. The zero-order chi connectivity index (χ0) is 25.8. The maximum absolute atomic E-state index is 5.05. The fourth-order valence-electron chi connectivity index (χ4n) is 5.32. The van der Waals surface area contributed by atoms with Gasteiger partial charge in [0.15, 0.2) is 0 Å². The third-order valence-electron chi connectivity index (χ3n) is 7.06. The van der Waals surface area contributed by atoms with E-state index in [4.69, 9.17) is 4.98 Å². The number of fused-ring (bicyclic) bond motifs is 4. The highest BCUT2D eigenvalue weighted by atomic mass is 32.1. The van der Waals surface area contributed by atoms with Crippen molar-refractivity contribution in [3.8, 4) is 38.1 Å². The van der Waals surface area contributed by atoms with Crippen molar-refractivity contribution in [2.75, 3.05) is 0 Å². The number of aromatic nitrogens is 4. The Hall–Kier alpha value is -4.65. The molecule has 0 saturated carbocycles. The van der Waals surface area contributed by atoms with Crippen LogP contribution in [0.25, 0.3) is 70.1 Å². The summed E-state index contributed by atoms with van der Waals surface area (Å²) in [4.78, 5) is 14.2. The third kappa shape index (κ3) is 3.68. The normalized spacial score (nSPS) is 11.6. The first-order valence-electron chi connectivity index (χ1n) is 12.7. The molecule has 39 heavy (non-hydrogen) atoms. The molecule has 0 aliphatic heterocycles. The minimum Gasteiger partial charge on any atom is -0.309 e. The lowest BCUT2D eigenvalue weighted by Crippen LogP contribution is -1.95. The van der Waals surface area contributed by atoms with Crippen molar-refractivity contribution in [2.24, 2.45) is 0 Å². The number of thiazole rings is 2. The van der Waals surface area contributed by atoms with Crippen molar-refractivity contribution in [1.82, 2.24) is 19.5 Å². The van der Waals surface area contributed by atoms with E-state index in [-0.39, 0.29) is 0 Å². The molecule has 0 aliphatic carbocycles. The number of rotatable bonds is 4. The topological polar surface area (TPSA) is 43.6 Å². The molecule has 0 radical (unpaired) electrons. The molecule has 4 nitrogen and oxygen atoms in total. The van der Waals surface area contributed by atoms with Gasteiger partial charge in [0, 0.05) is 50.9 Å². The molecule has 0 atom stereocenters. The first kappa shape index (κ1) is 22.3. The van der Waals surface area contributed by atoms with Crippen LogP contribution in [0.4, 0.5) is 0 Å². The smallest absolute Gasteiger partial charge is 0.124 e. The number of para-hydroxylation sites is 1. The molecule has 0 fully saturated rings. The molecular weight excluding hydrogens is 517 g/mol. The average Bonchev–Trinajstić information content (AvgIpc) is 3.75. The van der Waals surface area contributed by atoms with Crippen LogP contribution in [0, 0.1) is 0 Å². The summed E-state index contributed by atoms with van der Waals surface area (Å²) in [6, 6.07) is 36.3. The van der Waals surface area contributed by atoms with Gasteiger partial charge in [0.2, 0.25) is 0 Å². The van der Waals surface area contributed by atoms with E-state index < -0.39 is 0 Å². The van der Waals surface area contributed by atoms with Crippen LogP contribution in [0.5, 0.6) is 0 Å². The second-order valence-corrected chi connectivity index (χ2v) is 11.3. The number of benzene rings is 4. The monoisotopic (exact) mass is 536 g/mol. The quantitative estimate of drug-likeness (QED) is 0.225. The molecule has 0 bridgehead atoms. The summed E-state index contributed by atoms with van der Waals surface area (Å²) in [7, 11) is 0. The summed E-state index contributed by atoms with van der Waals surface area (Å²) < 4.78 is 3.53. The Labute approximate surface area is 232 Å². The number of nitrogens with zero attached hydrogens (tertiary/aromatic N) is 4. The van der Waals surface area contributed by atoms with Gasteiger partial charge in [0.05, 0.1) is 26.9 Å². The minimum atomic E-state index is 0.964. The zero-order valence-corrected chi connectivity index (χ0v) is 22.3. The summed E-state index contributed by atoms with van der Waals surface area (Å²) in [5, 5.41) is 6.51. The van der Waals surface area contributed by atoms with E-state index >= 15 is 0 Å². The van der Waals surface area contributed by atoms with Gasteiger partial charge >= 0.3 is 0 Å². The van der Waals surface area contributed by atoms with Crippen molar-refractivity contribution < 1.29 is 0 Å². The highest BCUT2D eigenvalue weighted by molar-refractivity contribution is 7.22. The zero-order valence-electron chi connectivity index (χ0n) is 20.7. The first-order chi connectivity index (χ1) is 19.3. The Balaban J connectivity index is 1.34. The van der Waals surface area contributed by atoms with Crippen LogP contribution >= 0.6 is 22.7 Å². The van der Waals surface area contributed by atoms with E-state index in [1.807, 2.05) is 29.9 Å². The van der Waals surface area contributed by atoms with Crippen molar-refractivity contribution in [3.05, 3.63) is 121 Å². The Bertz CT molecular complexity index is 2120. The summed E-state index contributed by atoms with van der Waals surface area (Å²) in [5.41, 5.74) is 8.77. The predicted molar refractivity (Wildman–Crippen MR) is 164 cm³/mol. The molecule has 8 rings (SSSR count). The predicted octanol–water partition coefficient (Wildman–Crippen LogP) is 9.25. The Morgan fingerprint density at radius 3 is 2.41 bits per heavy atom. The van der Waals surface area contributed by atoms with Gasteiger partial charge in [-0.3, -0.25) is 4.98 Å². The van der Waals surface area contributed by atoms with Gasteiger partial charge in [-0.1, -0.05) is 60.7 Å². The lowest BCUT2D eigenvalue weighted by atomic mass is 10.1. The number of pyridine rings is 1. The molecule has 4 aromatic heterocycles. The van der Waals surface area contributed by atoms with Crippen LogP contribution in [0.2, 0.25) is 0 Å². The van der Waals surface area contributed by atoms with E-state index in [0.29, 0.717) is 0 Å². The van der Waals surface area contributed by atoms with Gasteiger partial charge in [-0.2, -0.15) is 0 Å². The van der Waals surface area contributed by atoms with E-state index in [0.717, 1.165) is 49.1 Å². The standard InChI is InChI=1S/C33H20N4S2/c1-2-13-29-24(9-1)25-15-14-22(32-36-28-12-6-10-26(31(28)39-32)33-35-17-18-38-33)20-30(25)37(29)23-8-5-7-21(19-23)27-11-3-4-16-34-27/h1-20H. The van der Waals surface area contributed by atoms with Crippen LogP contribution in [-0.2, 0) is 0 Å². The summed E-state index contributed by atoms with van der Waals surface area (Å²) in [6.45, 7) is 0. The number of hydrogen-bond acceptors (Lipinski definition) is 5. The van der Waals surface area contributed by atoms with E-state index in [1.54, 1.807) is 22.7 Å². The summed E-state index contributed by atoms with van der Waals surface area (Å²) in [6.07, 6.45) is 3.70. The Kier molecular flexibility index (Phi) is 5.14. The molecule has 184 valence electrons. The molecule has 0 N–H and O–H groups in total. The maximum atomic E-state index is 5.05. The van der Waals surface area contributed by atoms with Crippen LogP contribution in [-0.4, -0.2) is 19.5 Å². The van der Waals surface area contributed by atoms with Gasteiger partial charge in [0.1, 0.15) is 10.0 Å². The van der Waals surface area contributed by atoms with Crippen molar-refractivity contribution in [3.63, 3.8) is 0 Å². The first-order valence-corrected chi connectivity index (χ1v) is 14.4. The highest BCUT2D eigenvalue weighted by Gasteiger charge is 2.16. The molecule has 0 unspecified atom stereocenters. The summed E-state index contributed by atoms with van der Waals surface area (Å²) in [5.74, 6) is 0. The second-order valence-electron chi connectivity index (χ2n) is 9.36. The van der Waals surface area contributed by atoms with Crippen LogP contribution in [0.1, 0.15) is 0 Å². The third-order valence-corrected chi connectivity index (χ3v) is 9.02. The fraction of sp³-hybridized carbons (Fsp3) is 0. The van der Waals surface area contributed by atoms with Crippen LogP contribution in [0.15, 0.2) is 121 Å². The maximum Gasteiger partial charge on any atom is 0.124 e. The van der Waals surface area contributed by atoms with Gasteiger partial charge in [-0.15, -0.1) is 22.7 Å². The second kappa shape index (κ2) is 8.98. The lowest BCUT2D eigenvalue weighted by Gasteiger charge is -2.10. The van der Waals surface area contributed by atoms with Crippen molar-refractivity contribution in [2.45, 2.75) is 0 Å². The van der Waals surface area contributed by atoms with Gasteiger partial charge in [-0.05, 0) is 42.5 Å². The van der Waals surface area contributed by atoms with Crippen LogP contribution < -0.4 is 0 Å². The van der Waals surface area contributed by atoms with E-state index in [2.05, 4.69) is 106 Å². The van der Waals surface area contributed by atoms with Gasteiger partial charge < -0.3 is 4.57 Å². The molecule has 0 spiro atoms. The molecule has 0 aliphatic rings. The molecule has 6 heteroatoms.